The van der Waals surface area contributed by atoms with Crippen LogP contribution in [-0.2, 0) is 22.6 Å². The number of hydrogen-bond donors (Lipinski definition) is 1. The van der Waals surface area contributed by atoms with E-state index in [0.717, 1.165) is 32.2 Å². The lowest BCUT2D eigenvalue weighted by Crippen LogP contribution is -2.26. The van der Waals surface area contributed by atoms with Crippen LogP contribution in [0.5, 0.6) is 5.75 Å². The van der Waals surface area contributed by atoms with Crippen LogP contribution in [0.25, 0.3) is 10.4 Å². The number of nitrogens with zero attached hydrogens (tertiary/aromatic N) is 1. The van der Waals surface area contributed by atoms with Crippen LogP contribution in [-0.4, -0.2) is 23.8 Å². The monoisotopic (exact) mass is 421 g/mol. The van der Waals surface area contributed by atoms with E-state index in [9.17, 15) is 9.90 Å². The molecule has 5 nitrogen and oxygen atoms in total. The SMILES string of the molecule is CCOC(Cc1ccc(OCc2sc(-c3ccc(C#N)cc3)cc2C)cc1)C(=O)O. The topological polar surface area (TPSA) is 79.5 Å². The van der Waals surface area contributed by atoms with Crippen molar-refractivity contribution in [3.63, 3.8) is 0 Å². The third-order valence-electron chi connectivity index (χ3n) is 4.68. The summed E-state index contributed by atoms with van der Waals surface area (Å²) in [5.41, 5.74) is 3.78. The van der Waals surface area contributed by atoms with Gasteiger partial charge in [-0.15, -0.1) is 11.3 Å². The Hall–Kier alpha value is -3.14. The molecule has 0 amide bonds. The zero-order chi connectivity index (χ0) is 21.5. The first kappa shape index (κ1) is 21.6. The number of carboxylic acids is 1. The zero-order valence-electron chi connectivity index (χ0n) is 16.9. The zero-order valence-corrected chi connectivity index (χ0v) is 17.7. The van der Waals surface area contributed by atoms with Gasteiger partial charge < -0.3 is 14.6 Å². The highest BCUT2D eigenvalue weighted by atomic mass is 32.1. The van der Waals surface area contributed by atoms with Crippen LogP contribution < -0.4 is 4.74 Å². The largest absolute Gasteiger partial charge is 0.488 e. The van der Waals surface area contributed by atoms with Gasteiger partial charge in [0.25, 0.3) is 0 Å². The number of thiophene rings is 1. The Labute approximate surface area is 180 Å². The summed E-state index contributed by atoms with van der Waals surface area (Å²) in [5, 5.41) is 18.1. The molecule has 0 bridgehead atoms. The van der Waals surface area contributed by atoms with E-state index >= 15 is 0 Å². The van der Waals surface area contributed by atoms with Crippen LogP contribution in [0.15, 0.2) is 54.6 Å². The third kappa shape index (κ3) is 5.47. The Morgan fingerprint density at radius 1 is 1.17 bits per heavy atom. The molecular formula is C24H23NO4S. The van der Waals surface area contributed by atoms with Gasteiger partial charge in [-0.05, 0) is 60.9 Å². The summed E-state index contributed by atoms with van der Waals surface area (Å²) in [6.45, 7) is 4.67. The third-order valence-corrected chi connectivity index (χ3v) is 5.94. The minimum absolute atomic E-state index is 0.321. The summed E-state index contributed by atoms with van der Waals surface area (Å²) in [4.78, 5) is 13.5. The summed E-state index contributed by atoms with van der Waals surface area (Å²) in [6, 6.07) is 19.3. The van der Waals surface area contributed by atoms with Crippen molar-refractivity contribution >= 4 is 17.3 Å². The van der Waals surface area contributed by atoms with Crippen molar-refractivity contribution in [2.45, 2.75) is 33.0 Å². The second-order valence-electron chi connectivity index (χ2n) is 6.82. The van der Waals surface area contributed by atoms with Gasteiger partial charge in [0.05, 0.1) is 11.6 Å². The van der Waals surface area contributed by atoms with Gasteiger partial charge in [0.1, 0.15) is 12.4 Å². The highest BCUT2D eigenvalue weighted by molar-refractivity contribution is 7.15. The van der Waals surface area contributed by atoms with Crippen molar-refractivity contribution < 1.29 is 19.4 Å². The molecule has 0 aliphatic rings. The molecule has 0 spiro atoms. The maximum absolute atomic E-state index is 11.2. The quantitative estimate of drug-likeness (QED) is 0.513. The molecule has 30 heavy (non-hydrogen) atoms. The summed E-state index contributed by atoms with van der Waals surface area (Å²) in [6.07, 6.45) is -0.516. The van der Waals surface area contributed by atoms with E-state index in [1.165, 1.54) is 0 Å². The Kier molecular flexibility index (Phi) is 7.23. The van der Waals surface area contributed by atoms with Gasteiger partial charge >= 0.3 is 5.97 Å². The molecule has 1 atom stereocenters. The predicted octanol–water partition coefficient (Wildman–Crippen LogP) is 5.21. The normalized spacial score (nSPS) is 11.6. The number of benzene rings is 2. The fraction of sp³-hybridized carbons (Fsp3) is 0.250. The Morgan fingerprint density at radius 3 is 2.47 bits per heavy atom. The molecule has 3 aromatic rings. The lowest BCUT2D eigenvalue weighted by Gasteiger charge is -2.13. The molecular weight excluding hydrogens is 398 g/mol. The minimum atomic E-state index is -0.955. The molecule has 1 aromatic heterocycles. The van der Waals surface area contributed by atoms with Gasteiger partial charge in [0.2, 0.25) is 0 Å². The molecule has 0 radical (unpaired) electrons. The first-order valence-corrected chi connectivity index (χ1v) is 10.5. The Morgan fingerprint density at radius 2 is 1.87 bits per heavy atom. The molecule has 6 heteroatoms. The maximum Gasteiger partial charge on any atom is 0.333 e. The predicted molar refractivity (Wildman–Crippen MR) is 117 cm³/mol. The molecule has 0 saturated carbocycles. The number of rotatable bonds is 9. The second kappa shape index (κ2) is 10.1. The van der Waals surface area contributed by atoms with Gasteiger partial charge in [0, 0.05) is 22.8 Å². The van der Waals surface area contributed by atoms with Gasteiger partial charge in [-0.25, -0.2) is 4.79 Å². The Bertz CT molecular complexity index is 1030. The van der Waals surface area contributed by atoms with Gasteiger partial charge in [0.15, 0.2) is 6.10 Å². The fourth-order valence-corrected chi connectivity index (χ4v) is 4.11. The molecule has 0 aliphatic heterocycles. The van der Waals surface area contributed by atoms with E-state index in [4.69, 9.17) is 14.7 Å². The number of aliphatic carboxylic acids is 1. The lowest BCUT2D eigenvalue weighted by atomic mass is 10.1. The van der Waals surface area contributed by atoms with Gasteiger partial charge in [-0.1, -0.05) is 24.3 Å². The van der Waals surface area contributed by atoms with Crippen LogP contribution in [0, 0.1) is 18.3 Å². The summed E-state index contributed by atoms with van der Waals surface area (Å²) in [7, 11) is 0. The average molecular weight is 422 g/mol. The van der Waals surface area contributed by atoms with Crippen molar-refractivity contribution in [2.24, 2.45) is 0 Å². The number of carbonyl (C=O) groups is 1. The van der Waals surface area contributed by atoms with Crippen LogP contribution in [0.3, 0.4) is 0 Å². The van der Waals surface area contributed by atoms with Crippen molar-refractivity contribution in [3.8, 4) is 22.3 Å². The number of ether oxygens (including phenoxy) is 2. The van der Waals surface area contributed by atoms with Crippen molar-refractivity contribution in [3.05, 3.63) is 76.2 Å². The van der Waals surface area contributed by atoms with E-state index in [0.29, 0.717) is 25.2 Å². The van der Waals surface area contributed by atoms with Crippen molar-refractivity contribution in [1.29, 1.82) is 5.26 Å². The minimum Gasteiger partial charge on any atom is -0.488 e. The maximum atomic E-state index is 11.2. The van der Waals surface area contributed by atoms with Crippen LogP contribution in [0.1, 0.15) is 28.5 Å². The van der Waals surface area contributed by atoms with Crippen molar-refractivity contribution in [2.75, 3.05) is 6.61 Å². The van der Waals surface area contributed by atoms with Crippen LogP contribution in [0.2, 0.25) is 0 Å². The fourth-order valence-electron chi connectivity index (χ4n) is 3.02. The molecule has 2 aromatic carbocycles. The molecule has 1 unspecified atom stereocenters. The number of nitriles is 1. The number of hydrogen-bond acceptors (Lipinski definition) is 5. The van der Waals surface area contributed by atoms with E-state index < -0.39 is 12.1 Å². The molecule has 0 aliphatic carbocycles. The number of aryl methyl sites for hydroxylation is 1. The van der Waals surface area contributed by atoms with E-state index in [-0.39, 0.29) is 0 Å². The second-order valence-corrected chi connectivity index (χ2v) is 7.96. The molecule has 1 heterocycles. The van der Waals surface area contributed by atoms with E-state index in [1.54, 1.807) is 18.3 Å². The van der Waals surface area contributed by atoms with Gasteiger partial charge in [-0.2, -0.15) is 5.26 Å². The number of carboxylic acid groups (broad SMARTS) is 1. The standard InChI is InChI=1S/C24H23NO4S/c1-3-28-21(24(26)27)13-17-6-10-20(11-7-17)29-15-23-16(2)12-22(30-23)19-8-4-18(14-25)5-9-19/h4-12,21H,3,13,15H2,1-2H3,(H,26,27). The summed E-state index contributed by atoms with van der Waals surface area (Å²) in [5.74, 6) is -0.224. The van der Waals surface area contributed by atoms with E-state index in [1.807, 2.05) is 48.5 Å². The molecule has 3 rings (SSSR count). The van der Waals surface area contributed by atoms with Crippen LogP contribution in [0.4, 0.5) is 0 Å². The van der Waals surface area contributed by atoms with Gasteiger partial charge in [-0.3, -0.25) is 0 Å². The Balaban J connectivity index is 1.62. The lowest BCUT2D eigenvalue weighted by molar-refractivity contribution is -0.149. The highest BCUT2D eigenvalue weighted by Crippen LogP contribution is 2.32. The van der Waals surface area contributed by atoms with E-state index in [2.05, 4.69) is 19.1 Å². The summed E-state index contributed by atoms with van der Waals surface area (Å²) < 4.78 is 11.2. The molecule has 1 N–H and O–H groups in total. The highest BCUT2D eigenvalue weighted by Gasteiger charge is 2.18. The molecule has 0 fully saturated rings. The van der Waals surface area contributed by atoms with Crippen molar-refractivity contribution in [1.82, 2.24) is 0 Å². The molecule has 0 saturated heterocycles. The average Bonchev–Trinajstić information content (AvgIpc) is 3.13. The summed E-state index contributed by atoms with van der Waals surface area (Å²) >= 11 is 1.68. The first-order valence-electron chi connectivity index (χ1n) is 9.66. The molecule has 154 valence electrons. The van der Waals surface area contributed by atoms with Crippen LogP contribution >= 0.6 is 11.3 Å². The smallest absolute Gasteiger partial charge is 0.333 e. The first-order chi connectivity index (χ1) is 14.5.